The molecule has 0 aromatic rings. The Bertz CT molecular complexity index is 197. The molecular formula is C13H23F. The van der Waals surface area contributed by atoms with Crippen molar-refractivity contribution in [3.05, 3.63) is 36.2 Å². The zero-order valence-corrected chi connectivity index (χ0v) is 10.1. The van der Waals surface area contributed by atoms with E-state index in [2.05, 4.69) is 6.58 Å². The molecule has 0 aromatic carbocycles. The first-order chi connectivity index (χ1) is 6.63. The third-order valence-corrected chi connectivity index (χ3v) is 1.63. The van der Waals surface area contributed by atoms with Crippen LogP contribution in [0.3, 0.4) is 0 Å². The molecule has 0 amide bonds. The molecule has 0 aromatic heterocycles. The lowest BCUT2D eigenvalue weighted by atomic mass is 10.1. The van der Waals surface area contributed by atoms with Gasteiger partial charge in [-0.3, -0.25) is 0 Å². The Morgan fingerprint density at radius 3 is 2.14 bits per heavy atom. The lowest BCUT2D eigenvalue weighted by Crippen LogP contribution is -1.91. The molecule has 1 heteroatoms. The van der Waals surface area contributed by atoms with Gasteiger partial charge >= 0.3 is 0 Å². The first kappa shape index (κ1) is 15.6. The van der Waals surface area contributed by atoms with E-state index in [9.17, 15) is 4.39 Å². The molecule has 0 heterocycles. The van der Waals surface area contributed by atoms with Gasteiger partial charge in [-0.05, 0) is 12.0 Å². The van der Waals surface area contributed by atoms with E-state index in [-0.39, 0.29) is 11.7 Å². The zero-order chi connectivity index (χ0) is 11.6. The SMILES string of the molecule is C=C/C=C\C(CC)=C(/F)C(C)C.CC. The lowest BCUT2D eigenvalue weighted by molar-refractivity contribution is 0.509. The fourth-order valence-corrected chi connectivity index (χ4v) is 0.921. The summed E-state index contributed by atoms with van der Waals surface area (Å²) in [7, 11) is 0. The Kier molecular flexibility index (Phi) is 11.4. The molecule has 0 aliphatic heterocycles. The van der Waals surface area contributed by atoms with Crippen molar-refractivity contribution in [2.45, 2.75) is 41.0 Å². The molecule has 0 saturated heterocycles. The lowest BCUT2D eigenvalue weighted by Gasteiger charge is -2.05. The molecule has 0 atom stereocenters. The van der Waals surface area contributed by atoms with Gasteiger partial charge in [-0.15, -0.1) is 0 Å². The fraction of sp³-hybridized carbons (Fsp3) is 0.538. The van der Waals surface area contributed by atoms with E-state index in [1.807, 2.05) is 34.6 Å². The standard InChI is InChI=1S/C11H17F.C2H6/c1-5-7-8-10(6-2)11(12)9(3)4;1-2/h5,7-9H,1,6H2,2-4H3;1-2H3/b8-7-,11-10-;. The molecule has 0 fully saturated rings. The molecule has 0 nitrogen and oxygen atoms in total. The fourth-order valence-electron chi connectivity index (χ4n) is 0.921. The van der Waals surface area contributed by atoms with Gasteiger partial charge in [0.25, 0.3) is 0 Å². The van der Waals surface area contributed by atoms with Gasteiger partial charge in [-0.25, -0.2) is 4.39 Å². The molecule has 0 unspecified atom stereocenters. The maximum Gasteiger partial charge on any atom is 0.106 e. The van der Waals surface area contributed by atoms with E-state index < -0.39 is 0 Å². The second-order valence-corrected chi connectivity index (χ2v) is 2.98. The van der Waals surface area contributed by atoms with Crippen LogP contribution >= 0.6 is 0 Å². The Labute approximate surface area is 88.2 Å². The number of hydrogen-bond donors (Lipinski definition) is 0. The topological polar surface area (TPSA) is 0 Å². The van der Waals surface area contributed by atoms with E-state index in [4.69, 9.17) is 0 Å². The highest BCUT2D eigenvalue weighted by atomic mass is 19.1. The van der Waals surface area contributed by atoms with Crippen LogP contribution in [0.2, 0.25) is 0 Å². The minimum Gasteiger partial charge on any atom is -0.211 e. The van der Waals surface area contributed by atoms with Crippen LogP contribution in [0.4, 0.5) is 4.39 Å². The number of hydrogen-bond acceptors (Lipinski definition) is 0. The largest absolute Gasteiger partial charge is 0.211 e. The summed E-state index contributed by atoms with van der Waals surface area (Å²) < 4.78 is 13.3. The first-order valence-electron chi connectivity index (χ1n) is 5.31. The Morgan fingerprint density at radius 1 is 1.36 bits per heavy atom. The number of allylic oxidation sites excluding steroid dienone is 5. The van der Waals surface area contributed by atoms with Gasteiger partial charge in [0.2, 0.25) is 0 Å². The Balaban J connectivity index is 0. The van der Waals surface area contributed by atoms with Crippen molar-refractivity contribution in [3.63, 3.8) is 0 Å². The predicted octanol–water partition coefficient (Wildman–Crippen LogP) is 5.04. The van der Waals surface area contributed by atoms with Gasteiger partial charge in [0.05, 0.1) is 0 Å². The van der Waals surface area contributed by atoms with Crippen LogP contribution in [0.25, 0.3) is 0 Å². The summed E-state index contributed by atoms with van der Waals surface area (Å²) in [6.45, 7) is 13.2. The van der Waals surface area contributed by atoms with Crippen molar-refractivity contribution < 1.29 is 4.39 Å². The van der Waals surface area contributed by atoms with Crippen LogP contribution in [0.15, 0.2) is 36.2 Å². The van der Waals surface area contributed by atoms with E-state index in [1.54, 1.807) is 18.2 Å². The molecule has 0 bridgehead atoms. The summed E-state index contributed by atoms with van der Waals surface area (Å²) >= 11 is 0. The third kappa shape index (κ3) is 6.64. The minimum absolute atomic E-state index is 0.0180. The van der Waals surface area contributed by atoms with E-state index in [1.165, 1.54) is 0 Å². The zero-order valence-electron chi connectivity index (χ0n) is 10.1. The number of rotatable bonds is 4. The molecular weight excluding hydrogens is 175 g/mol. The smallest absolute Gasteiger partial charge is 0.106 e. The van der Waals surface area contributed by atoms with Crippen molar-refractivity contribution in [1.82, 2.24) is 0 Å². The highest BCUT2D eigenvalue weighted by Crippen LogP contribution is 2.19. The van der Waals surface area contributed by atoms with Gasteiger partial charge < -0.3 is 0 Å². The molecule has 14 heavy (non-hydrogen) atoms. The highest BCUT2D eigenvalue weighted by molar-refractivity contribution is 5.24. The maximum absolute atomic E-state index is 13.3. The minimum atomic E-state index is -0.0191. The van der Waals surface area contributed by atoms with Crippen molar-refractivity contribution in [3.8, 4) is 0 Å². The van der Waals surface area contributed by atoms with Crippen LogP contribution in [-0.2, 0) is 0 Å². The average molecular weight is 198 g/mol. The van der Waals surface area contributed by atoms with Gasteiger partial charge in [0.15, 0.2) is 0 Å². The summed E-state index contributed by atoms with van der Waals surface area (Å²) in [6, 6.07) is 0. The summed E-state index contributed by atoms with van der Waals surface area (Å²) in [6.07, 6.45) is 5.93. The quantitative estimate of drug-likeness (QED) is 0.555. The monoisotopic (exact) mass is 198 g/mol. The van der Waals surface area contributed by atoms with Crippen molar-refractivity contribution >= 4 is 0 Å². The maximum atomic E-state index is 13.3. The van der Waals surface area contributed by atoms with Crippen molar-refractivity contribution in [2.75, 3.05) is 0 Å². The molecule has 82 valence electrons. The molecule has 0 aliphatic carbocycles. The molecule has 0 N–H and O–H groups in total. The van der Waals surface area contributed by atoms with Crippen molar-refractivity contribution in [2.24, 2.45) is 5.92 Å². The van der Waals surface area contributed by atoms with Crippen molar-refractivity contribution in [1.29, 1.82) is 0 Å². The molecule has 0 spiro atoms. The van der Waals surface area contributed by atoms with E-state index in [0.29, 0.717) is 0 Å². The normalized spacial score (nSPS) is 12.2. The highest BCUT2D eigenvalue weighted by Gasteiger charge is 2.05. The Morgan fingerprint density at radius 2 is 1.86 bits per heavy atom. The third-order valence-electron chi connectivity index (χ3n) is 1.63. The number of halogens is 1. The summed E-state index contributed by atoms with van der Waals surface area (Å²) in [5, 5.41) is 0. The van der Waals surface area contributed by atoms with Crippen LogP contribution in [-0.4, -0.2) is 0 Å². The van der Waals surface area contributed by atoms with E-state index >= 15 is 0 Å². The van der Waals surface area contributed by atoms with Gasteiger partial charge in [-0.2, -0.15) is 0 Å². The van der Waals surface area contributed by atoms with Crippen LogP contribution < -0.4 is 0 Å². The van der Waals surface area contributed by atoms with E-state index in [0.717, 1.165) is 12.0 Å². The molecule has 0 saturated carbocycles. The first-order valence-corrected chi connectivity index (χ1v) is 5.31. The Hall–Kier alpha value is -0.850. The average Bonchev–Trinajstić information content (AvgIpc) is 2.21. The summed E-state index contributed by atoms with van der Waals surface area (Å²) in [5.41, 5.74) is 0.768. The second-order valence-electron chi connectivity index (χ2n) is 2.98. The van der Waals surface area contributed by atoms with Gasteiger partial charge in [0, 0.05) is 5.92 Å². The van der Waals surface area contributed by atoms with Crippen LogP contribution in [0, 0.1) is 5.92 Å². The van der Waals surface area contributed by atoms with Gasteiger partial charge in [-0.1, -0.05) is 59.4 Å². The second kappa shape index (κ2) is 10.2. The van der Waals surface area contributed by atoms with Crippen LogP contribution in [0.1, 0.15) is 41.0 Å². The molecule has 0 rings (SSSR count). The predicted molar refractivity (Wildman–Crippen MR) is 63.9 cm³/mol. The van der Waals surface area contributed by atoms with Crippen LogP contribution in [0.5, 0.6) is 0 Å². The summed E-state index contributed by atoms with van der Waals surface area (Å²) in [4.78, 5) is 0. The molecule has 0 aliphatic rings. The van der Waals surface area contributed by atoms with Gasteiger partial charge in [0.1, 0.15) is 5.83 Å². The summed E-state index contributed by atoms with van der Waals surface area (Å²) in [5.74, 6) is -0.0370. The molecule has 0 radical (unpaired) electrons.